The van der Waals surface area contributed by atoms with Crippen molar-refractivity contribution >= 4 is 35.3 Å². The largest absolute Gasteiger partial charge is 0.455 e. The molecule has 126 valence electrons. The van der Waals surface area contributed by atoms with Gasteiger partial charge in [0.1, 0.15) is 17.3 Å². The second-order valence-corrected chi connectivity index (χ2v) is 5.88. The molecular weight excluding hydrogens is 366 g/mol. The van der Waals surface area contributed by atoms with E-state index < -0.39 is 5.82 Å². The highest BCUT2D eigenvalue weighted by Crippen LogP contribution is 2.26. The van der Waals surface area contributed by atoms with Crippen molar-refractivity contribution in [1.82, 2.24) is 5.43 Å². The summed E-state index contributed by atoms with van der Waals surface area (Å²) in [7, 11) is 0. The van der Waals surface area contributed by atoms with E-state index in [1.165, 1.54) is 18.3 Å². The Kier molecular flexibility index (Phi) is 5.16. The predicted molar refractivity (Wildman–Crippen MR) is 95.6 cm³/mol. The molecule has 0 aliphatic carbocycles. The summed E-state index contributed by atoms with van der Waals surface area (Å²) in [5, 5.41) is 4.40. The smallest absolute Gasteiger partial charge is 0.271 e. The Morgan fingerprint density at radius 2 is 1.84 bits per heavy atom. The van der Waals surface area contributed by atoms with Crippen molar-refractivity contribution in [3.63, 3.8) is 0 Å². The minimum absolute atomic E-state index is 0.0133. The van der Waals surface area contributed by atoms with E-state index in [2.05, 4.69) is 10.5 Å². The minimum atomic E-state index is -0.497. The molecule has 3 rings (SSSR count). The topological polar surface area (TPSA) is 54.6 Å². The molecule has 25 heavy (non-hydrogen) atoms. The summed E-state index contributed by atoms with van der Waals surface area (Å²) in [6.45, 7) is 0. The van der Waals surface area contributed by atoms with E-state index in [1.807, 2.05) is 0 Å². The van der Waals surface area contributed by atoms with Gasteiger partial charge in [0.05, 0.1) is 11.2 Å². The van der Waals surface area contributed by atoms with Gasteiger partial charge in [0.15, 0.2) is 0 Å². The molecule has 4 nitrogen and oxygen atoms in total. The van der Waals surface area contributed by atoms with E-state index in [9.17, 15) is 9.18 Å². The average molecular weight is 377 g/mol. The fourth-order valence-corrected chi connectivity index (χ4v) is 2.35. The first-order valence-electron chi connectivity index (χ1n) is 7.17. The van der Waals surface area contributed by atoms with Crippen LogP contribution < -0.4 is 5.43 Å². The van der Waals surface area contributed by atoms with Gasteiger partial charge in [-0.1, -0.05) is 23.2 Å². The number of carbonyl (C=O) groups excluding carboxylic acids is 1. The Labute approximate surface area is 152 Å². The van der Waals surface area contributed by atoms with E-state index in [1.54, 1.807) is 42.5 Å². The number of halogens is 3. The molecule has 1 aromatic heterocycles. The number of hydrogen-bond acceptors (Lipinski definition) is 3. The van der Waals surface area contributed by atoms with Crippen molar-refractivity contribution in [2.45, 2.75) is 0 Å². The van der Waals surface area contributed by atoms with Crippen LogP contribution in [0.3, 0.4) is 0 Å². The van der Waals surface area contributed by atoms with Crippen LogP contribution in [0.15, 0.2) is 64.1 Å². The molecule has 1 heterocycles. The number of benzene rings is 2. The SMILES string of the molecule is O=C(N/N=C/c1ccc(-c2ccc(F)c(Cl)c2)o1)c1ccc(Cl)cc1. The van der Waals surface area contributed by atoms with Crippen LogP contribution in [-0.2, 0) is 0 Å². The molecule has 1 amide bonds. The number of amides is 1. The van der Waals surface area contributed by atoms with Gasteiger partial charge in [-0.05, 0) is 54.6 Å². The molecule has 0 bridgehead atoms. The lowest BCUT2D eigenvalue weighted by Crippen LogP contribution is -2.17. The first-order chi connectivity index (χ1) is 12.0. The van der Waals surface area contributed by atoms with Crippen LogP contribution >= 0.6 is 23.2 Å². The van der Waals surface area contributed by atoms with Gasteiger partial charge in [-0.2, -0.15) is 5.10 Å². The molecule has 0 fully saturated rings. The Morgan fingerprint density at radius 3 is 2.56 bits per heavy atom. The Balaban J connectivity index is 1.66. The van der Waals surface area contributed by atoms with Crippen molar-refractivity contribution < 1.29 is 13.6 Å². The highest BCUT2D eigenvalue weighted by molar-refractivity contribution is 6.31. The van der Waals surface area contributed by atoms with Crippen LogP contribution in [0.25, 0.3) is 11.3 Å². The van der Waals surface area contributed by atoms with Crippen molar-refractivity contribution in [2.75, 3.05) is 0 Å². The highest BCUT2D eigenvalue weighted by atomic mass is 35.5. The van der Waals surface area contributed by atoms with Crippen LogP contribution in [-0.4, -0.2) is 12.1 Å². The zero-order valence-corrected chi connectivity index (χ0v) is 14.2. The first-order valence-corrected chi connectivity index (χ1v) is 7.93. The number of nitrogens with one attached hydrogen (secondary N) is 1. The number of hydrogen-bond donors (Lipinski definition) is 1. The van der Waals surface area contributed by atoms with E-state index >= 15 is 0 Å². The van der Waals surface area contributed by atoms with Gasteiger partial charge in [0, 0.05) is 16.1 Å². The van der Waals surface area contributed by atoms with Crippen molar-refractivity contribution in [3.8, 4) is 11.3 Å². The Bertz CT molecular complexity index is 937. The number of rotatable bonds is 4. The molecule has 0 aliphatic heterocycles. The lowest BCUT2D eigenvalue weighted by atomic mass is 10.2. The van der Waals surface area contributed by atoms with Crippen LogP contribution in [0.5, 0.6) is 0 Å². The lowest BCUT2D eigenvalue weighted by Gasteiger charge is -1.99. The normalized spacial score (nSPS) is 11.0. The lowest BCUT2D eigenvalue weighted by molar-refractivity contribution is 0.0955. The third kappa shape index (κ3) is 4.26. The molecule has 0 saturated heterocycles. The van der Waals surface area contributed by atoms with Gasteiger partial charge < -0.3 is 4.42 Å². The molecule has 7 heteroatoms. The third-order valence-corrected chi connectivity index (χ3v) is 3.84. The van der Waals surface area contributed by atoms with Gasteiger partial charge in [-0.3, -0.25) is 4.79 Å². The maximum atomic E-state index is 13.2. The zero-order valence-electron chi connectivity index (χ0n) is 12.7. The zero-order chi connectivity index (χ0) is 17.8. The fourth-order valence-electron chi connectivity index (χ4n) is 2.05. The molecule has 0 saturated carbocycles. The van der Waals surface area contributed by atoms with Gasteiger partial charge in [-0.15, -0.1) is 0 Å². The number of hydrazone groups is 1. The van der Waals surface area contributed by atoms with Crippen molar-refractivity contribution in [2.24, 2.45) is 5.10 Å². The van der Waals surface area contributed by atoms with Crippen molar-refractivity contribution in [3.05, 3.63) is 81.8 Å². The van der Waals surface area contributed by atoms with Crippen LogP contribution in [0.1, 0.15) is 16.1 Å². The second kappa shape index (κ2) is 7.51. The first kappa shape index (κ1) is 17.2. The van der Waals surface area contributed by atoms with Gasteiger partial charge >= 0.3 is 0 Å². The second-order valence-electron chi connectivity index (χ2n) is 5.04. The minimum Gasteiger partial charge on any atom is -0.455 e. The number of carbonyl (C=O) groups is 1. The van der Waals surface area contributed by atoms with Crippen LogP contribution in [0.2, 0.25) is 10.0 Å². The number of furan rings is 1. The molecule has 2 aromatic carbocycles. The maximum absolute atomic E-state index is 13.2. The Hall–Kier alpha value is -2.63. The van der Waals surface area contributed by atoms with Gasteiger partial charge in [0.25, 0.3) is 5.91 Å². The molecular formula is C18H11Cl2FN2O2. The molecule has 0 radical (unpaired) electrons. The van der Waals surface area contributed by atoms with Crippen LogP contribution in [0, 0.1) is 5.82 Å². The third-order valence-electron chi connectivity index (χ3n) is 3.30. The average Bonchev–Trinajstić information content (AvgIpc) is 3.07. The molecule has 0 atom stereocenters. The summed E-state index contributed by atoms with van der Waals surface area (Å²) in [4.78, 5) is 11.9. The standard InChI is InChI=1S/C18H11Cl2FN2O2/c19-13-4-1-11(2-5-13)18(24)23-22-10-14-6-8-17(25-14)12-3-7-16(21)15(20)9-12/h1-10H,(H,23,24)/b22-10+. The van der Waals surface area contributed by atoms with Crippen molar-refractivity contribution in [1.29, 1.82) is 0 Å². The maximum Gasteiger partial charge on any atom is 0.271 e. The van der Waals surface area contributed by atoms with E-state index in [0.29, 0.717) is 27.7 Å². The van der Waals surface area contributed by atoms with Gasteiger partial charge in [-0.25, -0.2) is 9.82 Å². The highest BCUT2D eigenvalue weighted by Gasteiger charge is 2.07. The summed E-state index contributed by atoms with van der Waals surface area (Å²) in [5.41, 5.74) is 3.46. The molecule has 1 N–H and O–H groups in total. The van der Waals surface area contributed by atoms with Crippen LogP contribution in [0.4, 0.5) is 4.39 Å². The Morgan fingerprint density at radius 1 is 1.08 bits per heavy atom. The van der Waals surface area contributed by atoms with E-state index in [0.717, 1.165) is 0 Å². The number of nitrogens with zero attached hydrogens (tertiary/aromatic N) is 1. The summed E-state index contributed by atoms with van der Waals surface area (Å²) >= 11 is 11.5. The summed E-state index contributed by atoms with van der Waals surface area (Å²) in [6, 6.07) is 14.1. The summed E-state index contributed by atoms with van der Waals surface area (Å²) in [5.74, 6) is 0.0629. The van der Waals surface area contributed by atoms with E-state index in [-0.39, 0.29) is 10.9 Å². The fraction of sp³-hybridized carbons (Fsp3) is 0. The quantitative estimate of drug-likeness (QED) is 0.505. The molecule has 0 aliphatic rings. The van der Waals surface area contributed by atoms with Gasteiger partial charge in [0.2, 0.25) is 0 Å². The molecule has 0 unspecified atom stereocenters. The monoisotopic (exact) mass is 376 g/mol. The van der Waals surface area contributed by atoms with E-state index in [4.69, 9.17) is 27.6 Å². The summed E-state index contributed by atoms with van der Waals surface area (Å²) in [6.07, 6.45) is 1.36. The molecule has 0 spiro atoms. The predicted octanol–water partition coefficient (Wildman–Crippen LogP) is 5.16. The molecule has 3 aromatic rings. The summed E-state index contributed by atoms with van der Waals surface area (Å²) < 4.78 is 18.8.